The Labute approximate surface area is 43.4 Å². The van der Waals surface area contributed by atoms with Gasteiger partial charge in [0.15, 0.2) is 32.6 Å². The predicted molar refractivity (Wildman–Crippen MR) is 23.9 cm³/mol. The molecule has 20 valence electrons. The second kappa shape index (κ2) is 4.06. The molecule has 0 aromatic carbocycles. The van der Waals surface area contributed by atoms with E-state index in [4.69, 9.17) is 0 Å². The first-order valence-electron chi connectivity index (χ1n) is 1.50. The van der Waals surface area contributed by atoms with Crippen molar-refractivity contribution in [3.8, 4) is 0 Å². The lowest BCUT2D eigenvalue weighted by Crippen LogP contribution is -1.60. The number of hydrogen-bond donors (Lipinski definition) is 0. The molecule has 4 heavy (non-hydrogen) atoms. The Kier molecular flexibility index (Phi) is 5.15. The second-order valence-corrected chi connectivity index (χ2v) is 2.12. The fourth-order valence-electron chi connectivity index (χ4n) is 0. The van der Waals surface area contributed by atoms with Crippen LogP contribution < -0.4 is 0 Å². The third kappa shape index (κ3) is 3.06. The quantitative estimate of drug-likeness (QED) is 0.380. The maximum atomic E-state index is 2.03. The zero-order valence-corrected chi connectivity index (χ0v) is 5.66. The van der Waals surface area contributed by atoms with E-state index < -0.39 is 0 Å². The molecular formula is C2H6Al2. The summed E-state index contributed by atoms with van der Waals surface area (Å²) in [6, 6.07) is 0. The largest absolute Gasteiger partial charge is 0.171 e. The zero-order valence-electron chi connectivity index (χ0n) is 2.83. The van der Waals surface area contributed by atoms with Gasteiger partial charge >= 0.3 is 0 Å². The Hall–Kier alpha value is 1.06. The molecule has 0 amide bonds. The Balaban J connectivity index is 1.97. The van der Waals surface area contributed by atoms with E-state index in [-0.39, 0.29) is 0 Å². The molecule has 0 nitrogen and oxygen atoms in total. The molecule has 0 aliphatic rings. The van der Waals surface area contributed by atoms with E-state index in [0.29, 0.717) is 0 Å². The van der Waals surface area contributed by atoms with E-state index in [2.05, 4.69) is 0 Å². The minimum Gasteiger partial charge on any atom is -0.121 e. The summed E-state index contributed by atoms with van der Waals surface area (Å²) in [6.45, 7) is 0. The molecule has 0 rings (SSSR count). The molecule has 0 saturated heterocycles. The average Bonchev–Trinajstić information content (AvgIpc) is 1.37. The van der Waals surface area contributed by atoms with Gasteiger partial charge in [0.25, 0.3) is 0 Å². The van der Waals surface area contributed by atoms with Crippen molar-refractivity contribution < 1.29 is 0 Å². The van der Waals surface area contributed by atoms with Crippen LogP contribution in [0.3, 0.4) is 0 Å². The summed E-state index contributed by atoms with van der Waals surface area (Å²) >= 11 is 4.06. The maximum absolute atomic E-state index is 2.03. The lowest BCUT2D eigenvalue weighted by molar-refractivity contribution is 1.46. The van der Waals surface area contributed by atoms with Gasteiger partial charge in [0.05, 0.1) is 0 Å². The van der Waals surface area contributed by atoms with Crippen molar-refractivity contribution in [2.75, 3.05) is 0 Å². The fraction of sp³-hybridized carbons (Fsp3) is 1.00. The van der Waals surface area contributed by atoms with Crippen molar-refractivity contribution in [1.82, 2.24) is 0 Å². The van der Waals surface area contributed by atoms with Crippen molar-refractivity contribution >= 4 is 32.6 Å². The van der Waals surface area contributed by atoms with Gasteiger partial charge in [-0.05, 0) is 0 Å². The molecule has 0 aliphatic heterocycles. The Morgan fingerprint density at radius 1 is 1.00 bits per heavy atom. The van der Waals surface area contributed by atoms with Crippen LogP contribution in [0.25, 0.3) is 0 Å². The molecule has 0 N–H and O–H groups in total. The Bertz CT molecular complexity index is 6.00. The fourth-order valence-corrected chi connectivity index (χ4v) is 0. The minimum absolute atomic E-state index is 1.36. The molecule has 0 spiro atoms. The lowest BCUT2D eigenvalue weighted by atomic mass is 10.9. The van der Waals surface area contributed by atoms with Crippen LogP contribution in [0.15, 0.2) is 0 Å². The molecule has 0 aromatic rings. The molecule has 0 heterocycles. The van der Waals surface area contributed by atoms with Crippen LogP contribution in [-0.4, -0.2) is 32.6 Å². The first-order valence-corrected chi connectivity index (χ1v) is 3.50. The highest BCUT2D eigenvalue weighted by atomic mass is 27.1. The molecule has 0 aliphatic carbocycles. The first kappa shape index (κ1) is 5.06. The molecule has 0 fully saturated rings. The Morgan fingerprint density at radius 2 is 1.25 bits per heavy atom. The highest BCUT2D eigenvalue weighted by Gasteiger charge is 1.59. The van der Waals surface area contributed by atoms with E-state index in [1.54, 1.807) is 0 Å². The summed E-state index contributed by atoms with van der Waals surface area (Å²) < 4.78 is 0. The van der Waals surface area contributed by atoms with Crippen molar-refractivity contribution in [3.05, 3.63) is 0 Å². The van der Waals surface area contributed by atoms with Crippen LogP contribution in [0.5, 0.6) is 0 Å². The van der Waals surface area contributed by atoms with Crippen molar-refractivity contribution in [2.45, 2.75) is 10.6 Å². The van der Waals surface area contributed by atoms with Gasteiger partial charge in [-0.3, -0.25) is 0 Å². The van der Waals surface area contributed by atoms with E-state index in [1.807, 2.05) is 32.6 Å². The topological polar surface area (TPSA) is 0 Å². The van der Waals surface area contributed by atoms with Crippen molar-refractivity contribution in [1.29, 1.82) is 0 Å². The SMILES string of the molecule is [AlH][CH2][CH2][AlH]. The predicted octanol–water partition coefficient (Wildman–Crippen LogP) is -0.375. The van der Waals surface area contributed by atoms with Crippen LogP contribution in [0.1, 0.15) is 0 Å². The molecule has 0 aromatic heterocycles. The van der Waals surface area contributed by atoms with Crippen molar-refractivity contribution in [3.63, 3.8) is 0 Å². The minimum atomic E-state index is 1.36. The van der Waals surface area contributed by atoms with Gasteiger partial charge in [-0.25, -0.2) is 0 Å². The number of hydrogen-bond acceptors (Lipinski definition) is 0. The standard InChI is InChI=1S/C2H4.2Al.2H/c1-2;;;;/h1-2H2;;;;. The van der Waals surface area contributed by atoms with E-state index in [0.717, 1.165) is 0 Å². The van der Waals surface area contributed by atoms with E-state index >= 15 is 0 Å². The van der Waals surface area contributed by atoms with Gasteiger partial charge in [-0.2, -0.15) is 0 Å². The first-order chi connectivity index (χ1) is 1.91. The summed E-state index contributed by atoms with van der Waals surface area (Å²) in [4.78, 5) is 0. The highest BCUT2D eigenvalue weighted by molar-refractivity contribution is 6.16. The second-order valence-electron chi connectivity index (χ2n) is 0.707. The summed E-state index contributed by atoms with van der Waals surface area (Å²) in [6.07, 6.45) is 0. The lowest BCUT2D eigenvalue weighted by Gasteiger charge is -1.66. The zero-order chi connectivity index (χ0) is 3.41. The maximum Gasteiger partial charge on any atom is 0.171 e. The van der Waals surface area contributed by atoms with E-state index in [9.17, 15) is 0 Å². The van der Waals surface area contributed by atoms with E-state index in [1.165, 1.54) is 10.6 Å². The summed E-state index contributed by atoms with van der Waals surface area (Å²) in [5.41, 5.74) is 0. The normalized spacial score (nSPS) is 7.00. The highest BCUT2D eigenvalue weighted by Crippen LogP contribution is 1.70. The average molecular weight is 84.0 g/mol. The molecule has 0 saturated carbocycles. The van der Waals surface area contributed by atoms with Crippen LogP contribution >= 0.6 is 0 Å². The smallest absolute Gasteiger partial charge is 0.121 e. The van der Waals surface area contributed by atoms with Gasteiger partial charge < -0.3 is 0 Å². The van der Waals surface area contributed by atoms with Gasteiger partial charge in [0.2, 0.25) is 0 Å². The third-order valence-corrected chi connectivity index (χ3v) is 2.25. The molecule has 0 unspecified atom stereocenters. The molecular weight excluding hydrogens is 78.0 g/mol. The number of rotatable bonds is 1. The monoisotopic (exact) mass is 84.0 g/mol. The van der Waals surface area contributed by atoms with Gasteiger partial charge in [0, 0.05) is 0 Å². The third-order valence-electron chi connectivity index (χ3n) is 0.250. The van der Waals surface area contributed by atoms with Gasteiger partial charge in [0.1, 0.15) is 0 Å². The summed E-state index contributed by atoms with van der Waals surface area (Å²) in [7, 11) is 0. The van der Waals surface area contributed by atoms with Crippen molar-refractivity contribution in [2.24, 2.45) is 0 Å². The van der Waals surface area contributed by atoms with Crippen LogP contribution in [0, 0.1) is 0 Å². The molecule has 0 bridgehead atoms. The summed E-state index contributed by atoms with van der Waals surface area (Å²) in [5, 5.41) is 2.72. The molecule has 2 radical (unpaired) electrons. The van der Waals surface area contributed by atoms with Gasteiger partial charge in [-0.1, -0.05) is 0 Å². The van der Waals surface area contributed by atoms with Crippen LogP contribution in [0.4, 0.5) is 0 Å². The van der Waals surface area contributed by atoms with Crippen LogP contribution in [-0.2, 0) is 0 Å². The summed E-state index contributed by atoms with van der Waals surface area (Å²) in [5.74, 6) is 0. The Morgan fingerprint density at radius 3 is 1.25 bits per heavy atom. The van der Waals surface area contributed by atoms with Crippen LogP contribution in [0.2, 0.25) is 10.6 Å². The molecule has 2 heteroatoms. The van der Waals surface area contributed by atoms with Gasteiger partial charge in [-0.15, -0.1) is 10.6 Å². The molecule has 0 atom stereocenters.